The molecule has 0 saturated carbocycles. The first-order chi connectivity index (χ1) is 18.4. The lowest BCUT2D eigenvalue weighted by atomic mass is 10.1. The number of phenolic OH excluding ortho intramolecular Hbond substituents is 1. The van der Waals surface area contributed by atoms with Crippen molar-refractivity contribution >= 4 is 51.6 Å². The summed E-state index contributed by atoms with van der Waals surface area (Å²) in [4.78, 5) is 30.1. The van der Waals surface area contributed by atoms with Gasteiger partial charge in [-0.15, -0.1) is 0 Å². The van der Waals surface area contributed by atoms with E-state index in [1.54, 1.807) is 24.3 Å². The average Bonchev–Trinajstić information content (AvgIpc) is 2.91. The van der Waals surface area contributed by atoms with E-state index in [1.165, 1.54) is 18.1 Å². The van der Waals surface area contributed by atoms with Crippen LogP contribution in [-0.4, -0.2) is 40.1 Å². The number of benzene rings is 3. The molecule has 3 aromatic carbocycles. The maximum Gasteiger partial charge on any atom is 0.255 e. The zero-order chi connectivity index (χ0) is 26.6. The SMILES string of the molecule is Cc1ccc2c(Nc3cc(NC(=O)c4ccc(N(C)C)cc4)ccc3Sc3ccc(O)cc3)ncnc2n1. The molecule has 0 atom stereocenters. The highest BCUT2D eigenvalue weighted by molar-refractivity contribution is 7.99. The normalized spacial score (nSPS) is 10.8. The summed E-state index contributed by atoms with van der Waals surface area (Å²) in [6, 6.07) is 24.0. The molecule has 0 bridgehead atoms. The van der Waals surface area contributed by atoms with Crippen LogP contribution in [0.2, 0.25) is 0 Å². The number of aromatic nitrogens is 3. The fourth-order valence-corrected chi connectivity index (χ4v) is 4.70. The number of anilines is 4. The van der Waals surface area contributed by atoms with Gasteiger partial charge in [0.25, 0.3) is 5.91 Å². The van der Waals surface area contributed by atoms with E-state index < -0.39 is 0 Å². The number of nitrogens with one attached hydrogen (secondary N) is 2. The van der Waals surface area contributed by atoms with Gasteiger partial charge in [-0.2, -0.15) is 0 Å². The number of fused-ring (bicyclic) bond motifs is 1. The van der Waals surface area contributed by atoms with Crippen LogP contribution in [0, 0.1) is 6.92 Å². The fourth-order valence-electron chi connectivity index (χ4n) is 3.81. The number of carbonyl (C=O) groups is 1. The molecule has 1 amide bonds. The van der Waals surface area contributed by atoms with Crippen molar-refractivity contribution in [2.45, 2.75) is 16.7 Å². The first-order valence-electron chi connectivity index (χ1n) is 11.9. The lowest BCUT2D eigenvalue weighted by Gasteiger charge is -2.15. The van der Waals surface area contributed by atoms with Gasteiger partial charge in [-0.3, -0.25) is 4.79 Å². The van der Waals surface area contributed by atoms with Crippen LogP contribution in [0.15, 0.2) is 95.0 Å². The van der Waals surface area contributed by atoms with Crippen LogP contribution < -0.4 is 15.5 Å². The number of hydrogen-bond acceptors (Lipinski definition) is 8. The van der Waals surface area contributed by atoms with Gasteiger partial charge in [-0.1, -0.05) is 11.8 Å². The summed E-state index contributed by atoms with van der Waals surface area (Å²) in [5.74, 6) is 0.616. The first-order valence-corrected chi connectivity index (χ1v) is 12.7. The van der Waals surface area contributed by atoms with E-state index in [0.29, 0.717) is 22.7 Å². The molecular formula is C29H26N6O2S. The molecule has 0 spiro atoms. The predicted molar refractivity (Wildman–Crippen MR) is 153 cm³/mol. The summed E-state index contributed by atoms with van der Waals surface area (Å²) >= 11 is 1.53. The van der Waals surface area contributed by atoms with E-state index in [9.17, 15) is 9.90 Å². The van der Waals surface area contributed by atoms with Gasteiger partial charge in [0, 0.05) is 46.5 Å². The topological polar surface area (TPSA) is 103 Å². The third kappa shape index (κ3) is 5.68. The average molecular weight is 523 g/mol. The molecule has 38 heavy (non-hydrogen) atoms. The second kappa shape index (κ2) is 10.8. The van der Waals surface area contributed by atoms with E-state index in [0.717, 1.165) is 32.2 Å². The number of aryl methyl sites for hydroxylation is 1. The lowest BCUT2D eigenvalue weighted by molar-refractivity contribution is 0.102. The summed E-state index contributed by atoms with van der Waals surface area (Å²) in [7, 11) is 3.92. The van der Waals surface area contributed by atoms with Crippen molar-refractivity contribution in [3.63, 3.8) is 0 Å². The van der Waals surface area contributed by atoms with E-state index in [-0.39, 0.29) is 11.7 Å². The molecule has 9 heteroatoms. The molecule has 0 aliphatic carbocycles. The van der Waals surface area contributed by atoms with Gasteiger partial charge in [-0.05, 0) is 85.8 Å². The van der Waals surface area contributed by atoms with Crippen LogP contribution in [0.3, 0.4) is 0 Å². The maximum atomic E-state index is 13.0. The van der Waals surface area contributed by atoms with Gasteiger partial charge in [0.1, 0.15) is 17.9 Å². The molecule has 3 N–H and O–H groups in total. The largest absolute Gasteiger partial charge is 0.508 e. The molecule has 0 aliphatic heterocycles. The van der Waals surface area contributed by atoms with Crippen molar-refractivity contribution in [2.24, 2.45) is 0 Å². The highest BCUT2D eigenvalue weighted by atomic mass is 32.2. The number of pyridine rings is 1. The van der Waals surface area contributed by atoms with E-state index in [2.05, 4.69) is 25.6 Å². The Hall–Kier alpha value is -4.63. The Labute approximate surface area is 224 Å². The zero-order valence-corrected chi connectivity index (χ0v) is 22.0. The summed E-state index contributed by atoms with van der Waals surface area (Å²) in [5, 5.41) is 16.9. The Kier molecular flexibility index (Phi) is 7.10. The zero-order valence-electron chi connectivity index (χ0n) is 21.1. The van der Waals surface area contributed by atoms with Crippen LogP contribution in [0.1, 0.15) is 16.1 Å². The third-order valence-electron chi connectivity index (χ3n) is 5.84. The monoisotopic (exact) mass is 522 g/mol. The molecule has 0 radical (unpaired) electrons. The third-order valence-corrected chi connectivity index (χ3v) is 6.92. The number of amides is 1. The van der Waals surface area contributed by atoms with Gasteiger partial charge in [0.2, 0.25) is 0 Å². The van der Waals surface area contributed by atoms with Gasteiger partial charge in [0.05, 0.1) is 11.1 Å². The summed E-state index contributed by atoms with van der Waals surface area (Å²) < 4.78 is 0. The molecule has 0 fully saturated rings. The molecule has 5 aromatic rings. The minimum absolute atomic E-state index is 0.202. The standard InChI is InChI=1S/C29H26N6O2S/c1-18-4-14-24-27(32-18)30-17-31-28(24)34-25-16-20(7-15-26(25)38-23-12-10-22(36)11-13-23)33-29(37)19-5-8-21(9-6-19)35(2)3/h4-17,36H,1-3H3,(H,33,37)(H,30,31,32,34). The number of phenols is 1. The molecule has 0 unspecified atom stereocenters. The maximum absolute atomic E-state index is 13.0. The van der Waals surface area contributed by atoms with Crippen molar-refractivity contribution in [3.05, 3.63) is 96.4 Å². The number of rotatable bonds is 7. The van der Waals surface area contributed by atoms with Gasteiger partial charge >= 0.3 is 0 Å². The smallest absolute Gasteiger partial charge is 0.255 e. The minimum atomic E-state index is -0.202. The summed E-state index contributed by atoms with van der Waals surface area (Å²) in [6.07, 6.45) is 1.48. The molecule has 5 rings (SSSR count). The van der Waals surface area contributed by atoms with Crippen molar-refractivity contribution in [1.82, 2.24) is 15.0 Å². The molecule has 2 aromatic heterocycles. The van der Waals surface area contributed by atoms with Gasteiger partial charge in [-0.25, -0.2) is 15.0 Å². The number of aromatic hydroxyl groups is 1. The quantitative estimate of drug-likeness (QED) is 0.230. The Balaban J connectivity index is 1.47. The summed E-state index contributed by atoms with van der Waals surface area (Å²) in [5.41, 5.74) is 4.44. The lowest BCUT2D eigenvalue weighted by Crippen LogP contribution is -2.13. The number of carbonyl (C=O) groups excluding carboxylic acids is 1. The van der Waals surface area contributed by atoms with Crippen LogP contribution in [0.25, 0.3) is 11.0 Å². The molecule has 0 saturated heterocycles. The predicted octanol–water partition coefficient (Wildman–Crippen LogP) is 6.25. The van der Waals surface area contributed by atoms with Crippen LogP contribution in [-0.2, 0) is 0 Å². The fraction of sp³-hybridized carbons (Fsp3) is 0.103. The molecule has 8 nitrogen and oxygen atoms in total. The molecule has 190 valence electrons. The Morgan fingerprint density at radius 2 is 1.68 bits per heavy atom. The van der Waals surface area contributed by atoms with Gasteiger partial charge in [0.15, 0.2) is 5.65 Å². The summed E-state index contributed by atoms with van der Waals surface area (Å²) in [6.45, 7) is 1.92. The second-order valence-electron chi connectivity index (χ2n) is 8.87. The Morgan fingerprint density at radius 3 is 2.42 bits per heavy atom. The van der Waals surface area contributed by atoms with Crippen molar-refractivity contribution in [2.75, 3.05) is 29.6 Å². The molecule has 0 aliphatic rings. The van der Waals surface area contributed by atoms with E-state index in [1.807, 2.05) is 80.5 Å². The number of hydrogen-bond donors (Lipinski definition) is 3. The highest BCUT2D eigenvalue weighted by Crippen LogP contribution is 2.38. The van der Waals surface area contributed by atoms with Crippen molar-refractivity contribution in [1.29, 1.82) is 0 Å². The van der Waals surface area contributed by atoms with Crippen molar-refractivity contribution < 1.29 is 9.90 Å². The van der Waals surface area contributed by atoms with Crippen LogP contribution in [0.4, 0.5) is 22.9 Å². The second-order valence-corrected chi connectivity index (χ2v) is 9.99. The Bertz CT molecular complexity index is 1600. The minimum Gasteiger partial charge on any atom is -0.508 e. The van der Waals surface area contributed by atoms with Crippen molar-refractivity contribution in [3.8, 4) is 5.75 Å². The Morgan fingerprint density at radius 1 is 0.921 bits per heavy atom. The van der Waals surface area contributed by atoms with Crippen LogP contribution in [0.5, 0.6) is 5.75 Å². The van der Waals surface area contributed by atoms with Gasteiger partial charge < -0.3 is 20.6 Å². The highest BCUT2D eigenvalue weighted by Gasteiger charge is 2.13. The van der Waals surface area contributed by atoms with Crippen LogP contribution >= 0.6 is 11.8 Å². The first kappa shape index (κ1) is 25.0. The van der Waals surface area contributed by atoms with E-state index in [4.69, 9.17) is 0 Å². The number of nitrogens with zero attached hydrogens (tertiary/aromatic N) is 4. The van der Waals surface area contributed by atoms with E-state index >= 15 is 0 Å². The molecule has 2 heterocycles. The molecular weight excluding hydrogens is 496 g/mol.